The lowest BCUT2D eigenvalue weighted by Gasteiger charge is -2.35. The third kappa shape index (κ3) is 3.02. The molecule has 130 valence electrons. The quantitative estimate of drug-likeness (QED) is 0.890. The van der Waals surface area contributed by atoms with Crippen molar-refractivity contribution in [2.45, 2.75) is 46.5 Å². The van der Waals surface area contributed by atoms with Crippen molar-refractivity contribution in [3.05, 3.63) is 35.0 Å². The van der Waals surface area contributed by atoms with Gasteiger partial charge in [-0.3, -0.25) is 0 Å². The molecular formula is C20H29N3O. The van der Waals surface area contributed by atoms with Crippen LogP contribution in [0.1, 0.15) is 49.4 Å². The number of carbonyl (C=O) groups excluding carboxylic acids is 1. The van der Waals surface area contributed by atoms with Crippen molar-refractivity contribution in [1.29, 1.82) is 0 Å². The molecule has 1 N–H and O–H groups in total. The summed E-state index contributed by atoms with van der Waals surface area (Å²) in [7, 11) is 0. The van der Waals surface area contributed by atoms with Gasteiger partial charge in [0.25, 0.3) is 0 Å². The number of fused-ring (bicyclic) bond motifs is 1. The van der Waals surface area contributed by atoms with E-state index in [0.717, 1.165) is 39.0 Å². The van der Waals surface area contributed by atoms with Gasteiger partial charge in [0.1, 0.15) is 0 Å². The monoisotopic (exact) mass is 327 g/mol. The molecule has 2 aromatic rings. The SMILES string of the molecule is CCN(CC)C(=O)N1CCC(c2[nH]c3ccc(C)cc3c2C)CC1. The molecule has 1 aromatic heterocycles. The fourth-order valence-corrected chi connectivity index (χ4v) is 3.92. The zero-order chi connectivity index (χ0) is 17.3. The van der Waals surface area contributed by atoms with Crippen molar-refractivity contribution >= 4 is 16.9 Å². The average molecular weight is 327 g/mol. The van der Waals surface area contributed by atoms with Gasteiger partial charge in [0.05, 0.1) is 0 Å². The normalized spacial score (nSPS) is 15.9. The van der Waals surface area contributed by atoms with Gasteiger partial charge in [-0.25, -0.2) is 4.79 Å². The highest BCUT2D eigenvalue weighted by atomic mass is 16.2. The van der Waals surface area contributed by atoms with Gasteiger partial charge in [-0.05, 0) is 58.2 Å². The first-order chi connectivity index (χ1) is 11.5. The fourth-order valence-electron chi connectivity index (χ4n) is 3.92. The van der Waals surface area contributed by atoms with Crippen LogP contribution in [0.3, 0.4) is 0 Å². The Hall–Kier alpha value is -1.97. The van der Waals surface area contributed by atoms with Crippen LogP contribution in [0.25, 0.3) is 10.9 Å². The predicted molar refractivity (Wildman–Crippen MR) is 99.6 cm³/mol. The highest BCUT2D eigenvalue weighted by Gasteiger charge is 2.27. The van der Waals surface area contributed by atoms with Gasteiger partial charge in [0.15, 0.2) is 0 Å². The molecule has 0 radical (unpaired) electrons. The van der Waals surface area contributed by atoms with E-state index < -0.39 is 0 Å². The van der Waals surface area contributed by atoms with Crippen LogP contribution >= 0.6 is 0 Å². The summed E-state index contributed by atoms with van der Waals surface area (Å²) in [6.45, 7) is 11.7. The van der Waals surface area contributed by atoms with E-state index in [1.807, 2.05) is 23.6 Å². The van der Waals surface area contributed by atoms with Gasteiger partial charge in [0.2, 0.25) is 0 Å². The molecule has 1 aliphatic heterocycles. The van der Waals surface area contributed by atoms with Crippen LogP contribution < -0.4 is 0 Å². The van der Waals surface area contributed by atoms with E-state index in [9.17, 15) is 4.79 Å². The van der Waals surface area contributed by atoms with Crippen LogP contribution in [0, 0.1) is 13.8 Å². The van der Waals surface area contributed by atoms with Gasteiger partial charge >= 0.3 is 6.03 Å². The Bertz CT molecular complexity index is 722. The van der Waals surface area contributed by atoms with Gasteiger partial charge in [-0.2, -0.15) is 0 Å². The summed E-state index contributed by atoms with van der Waals surface area (Å²) < 4.78 is 0. The number of carbonyl (C=O) groups is 1. The Labute approximate surface area is 144 Å². The molecule has 0 unspecified atom stereocenters. The first-order valence-electron chi connectivity index (χ1n) is 9.17. The lowest BCUT2D eigenvalue weighted by molar-refractivity contribution is 0.143. The number of amides is 2. The summed E-state index contributed by atoms with van der Waals surface area (Å²) in [6.07, 6.45) is 2.08. The molecule has 2 heterocycles. The topological polar surface area (TPSA) is 39.3 Å². The minimum absolute atomic E-state index is 0.197. The zero-order valence-electron chi connectivity index (χ0n) is 15.4. The van der Waals surface area contributed by atoms with Crippen LogP contribution in [0.5, 0.6) is 0 Å². The number of hydrogen-bond donors (Lipinski definition) is 1. The third-order valence-electron chi connectivity index (χ3n) is 5.46. The highest BCUT2D eigenvalue weighted by molar-refractivity contribution is 5.85. The number of nitrogens with one attached hydrogen (secondary N) is 1. The predicted octanol–water partition coefficient (Wildman–Crippen LogP) is 4.43. The van der Waals surface area contributed by atoms with E-state index in [1.165, 1.54) is 27.7 Å². The van der Waals surface area contributed by atoms with Crippen molar-refractivity contribution in [1.82, 2.24) is 14.8 Å². The average Bonchev–Trinajstić information content (AvgIpc) is 2.92. The summed E-state index contributed by atoms with van der Waals surface area (Å²) in [6, 6.07) is 6.81. The third-order valence-corrected chi connectivity index (χ3v) is 5.46. The van der Waals surface area contributed by atoms with Gasteiger partial charge < -0.3 is 14.8 Å². The molecule has 4 nitrogen and oxygen atoms in total. The number of hydrogen-bond acceptors (Lipinski definition) is 1. The lowest BCUT2D eigenvalue weighted by Crippen LogP contribution is -2.46. The largest absolute Gasteiger partial charge is 0.358 e. The minimum Gasteiger partial charge on any atom is -0.358 e. The van der Waals surface area contributed by atoms with E-state index in [0.29, 0.717) is 5.92 Å². The number of urea groups is 1. The molecule has 4 heteroatoms. The molecule has 0 spiro atoms. The Morgan fingerprint density at radius 3 is 2.50 bits per heavy atom. The standard InChI is InChI=1S/C20H29N3O/c1-5-22(6-2)20(24)23-11-9-16(10-12-23)19-15(4)17-13-14(3)7-8-18(17)21-19/h7-8,13,16,21H,5-6,9-12H2,1-4H3. The van der Waals surface area contributed by atoms with E-state index >= 15 is 0 Å². The second-order valence-corrected chi connectivity index (χ2v) is 6.93. The molecule has 0 bridgehead atoms. The van der Waals surface area contributed by atoms with E-state index in [1.54, 1.807) is 0 Å². The lowest BCUT2D eigenvalue weighted by atomic mass is 9.91. The second kappa shape index (κ2) is 6.88. The molecule has 1 aromatic carbocycles. The maximum Gasteiger partial charge on any atom is 0.319 e. The van der Waals surface area contributed by atoms with Gasteiger partial charge in [-0.15, -0.1) is 0 Å². The molecule has 3 rings (SSSR count). The molecule has 2 amide bonds. The number of piperidine rings is 1. The summed E-state index contributed by atoms with van der Waals surface area (Å²) >= 11 is 0. The number of nitrogens with zero attached hydrogens (tertiary/aromatic N) is 2. The summed E-state index contributed by atoms with van der Waals surface area (Å²) in [5.74, 6) is 0.526. The molecule has 0 saturated carbocycles. The number of rotatable bonds is 3. The molecule has 1 aliphatic rings. The Kier molecular flexibility index (Phi) is 4.83. The maximum absolute atomic E-state index is 12.5. The van der Waals surface area contributed by atoms with Gasteiger partial charge in [0, 0.05) is 48.7 Å². The second-order valence-electron chi connectivity index (χ2n) is 6.93. The van der Waals surface area contributed by atoms with Crippen molar-refractivity contribution in [3.8, 4) is 0 Å². The number of aromatic nitrogens is 1. The van der Waals surface area contributed by atoms with Crippen molar-refractivity contribution < 1.29 is 4.79 Å². The maximum atomic E-state index is 12.5. The van der Waals surface area contributed by atoms with Crippen LogP contribution in [0.15, 0.2) is 18.2 Å². The van der Waals surface area contributed by atoms with Crippen LogP contribution in [0.2, 0.25) is 0 Å². The number of H-pyrrole nitrogens is 1. The number of aromatic amines is 1. The minimum atomic E-state index is 0.197. The Morgan fingerprint density at radius 2 is 1.88 bits per heavy atom. The molecule has 0 atom stereocenters. The zero-order valence-corrected chi connectivity index (χ0v) is 15.4. The molecule has 1 saturated heterocycles. The highest BCUT2D eigenvalue weighted by Crippen LogP contribution is 2.34. The summed E-state index contributed by atoms with van der Waals surface area (Å²) in [5.41, 5.74) is 5.28. The molecule has 24 heavy (non-hydrogen) atoms. The van der Waals surface area contributed by atoms with Crippen molar-refractivity contribution in [2.24, 2.45) is 0 Å². The first kappa shape index (κ1) is 16.9. The van der Waals surface area contributed by atoms with E-state index in [2.05, 4.69) is 37.0 Å². The van der Waals surface area contributed by atoms with Crippen molar-refractivity contribution in [3.63, 3.8) is 0 Å². The molecule has 0 aliphatic carbocycles. The Morgan fingerprint density at radius 1 is 1.21 bits per heavy atom. The fraction of sp³-hybridized carbons (Fsp3) is 0.550. The van der Waals surface area contributed by atoms with Crippen LogP contribution in [-0.4, -0.2) is 47.0 Å². The number of aryl methyl sites for hydroxylation is 2. The molecule has 1 fully saturated rings. The first-order valence-corrected chi connectivity index (χ1v) is 9.17. The number of likely N-dealkylation sites (tertiary alicyclic amines) is 1. The van der Waals surface area contributed by atoms with Crippen LogP contribution in [-0.2, 0) is 0 Å². The van der Waals surface area contributed by atoms with E-state index in [4.69, 9.17) is 0 Å². The molecular weight excluding hydrogens is 298 g/mol. The van der Waals surface area contributed by atoms with Gasteiger partial charge in [-0.1, -0.05) is 11.6 Å². The van der Waals surface area contributed by atoms with Crippen LogP contribution in [0.4, 0.5) is 4.79 Å². The number of benzene rings is 1. The van der Waals surface area contributed by atoms with Crippen molar-refractivity contribution in [2.75, 3.05) is 26.2 Å². The summed E-state index contributed by atoms with van der Waals surface area (Å²) in [5, 5.41) is 1.34. The van der Waals surface area contributed by atoms with E-state index in [-0.39, 0.29) is 6.03 Å². The summed E-state index contributed by atoms with van der Waals surface area (Å²) in [4.78, 5) is 20.1. The Balaban J connectivity index is 1.73. The smallest absolute Gasteiger partial charge is 0.319 e.